The Labute approximate surface area is 126 Å². The Bertz CT molecular complexity index is 581. The lowest BCUT2D eigenvalue weighted by atomic mass is 10.1. The molecule has 1 N–H and O–H groups in total. The third-order valence-electron chi connectivity index (χ3n) is 3.42. The fourth-order valence-electron chi connectivity index (χ4n) is 2.41. The molecule has 0 aliphatic rings. The van der Waals surface area contributed by atoms with Crippen LogP contribution in [0.15, 0.2) is 54.9 Å². The molecule has 1 amide bonds. The smallest absolute Gasteiger partial charge is 0.286 e. The fourth-order valence-corrected chi connectivity index (χ4v) is 2.41. The van der Waals surface area contributed by atoms with Gasteiger partial charge in [0.2, 0.25) is 6.54 Å². The van der Waals surface area contributed by atoms with Crippen LogP contribution in [0.2, 0.25) is 0 Å². The average Bonchev–Trinajstić information content (AvgIpc) is 2.48. The van der Waals surface area contributed by atoms with Crippen molar-refractivity contribution in [3.05, 3.63) is 54.9 Å². The van der Waals surface area contributed by atoms with Crippen molar-refractivity contribution in [2.45, 2.75) is 39.3 Å². The van der Waals surface area contributed by atoms with Crippen molar-refractivity contribution in [3.8, 4) is 11.1 Å². The number of nitrogens with zero attached hydrogens (tertiary/aromatic N) is 1. The first-order valence-corrected chi connectivity index (χ1v) is 7.53. The minimum atomic E-state index is 0.0613. The highest BCUT2D eigenvalue weighted by molar-refractivity contribution is 5.74. The van der Waals surface area contributed by atoms with Crippen LogP contribution in [0.1, 0.15) is 26.7 Å². The molecule has 0 radical (unpaired) electrons. The number of carbonyl (C=O) groups excluding carboxylic acids is 1. The number of benzene rings is 1. The first kappa shape index (κ1) is 15.2. The van der Waals surface area contributed by atoms with Crippen LogP contribution in [0.5, 0.6) is 0 Å². The van der Waals surface area contributed by atoms with Crippen molar-refractivity contribution in [2.75, 3.05) is 0 Å². The van der Waals surface area contributed by atoms with E-state index in [2.05, 4.69) is 30.4 Å². The van der Waals surface area contributed by atoms with E-state index in [0.29, 0.717) is 6.54 Å². The van der Waals surface area contributed by atoms with Gasteiger partial charge in [0.25, 0.3) is 5.91 Å². The van der Waals surface area contributed by atoms with Crippen molar-refractivity contribution < 1.29 is 9.36 Å². The summed E-state index contributed by atoms with van der Waals surface area (Å²) in [6.45, 7) is 4.53. The Balaban J connectivity index is 2.03. The third-order valence-corrected chi connectivity index (χ3v) is 3.42. The number of amides is 1. The van der Waals surface area contributed by atoms with E-state index >= 15 is 0 Å². The highest BCUT2D eigenvalue weighted by Crippen LogP contribution is 2.15. The predicted molar refractivity (Wildman–Crippen MR) is 84.6 cm³/mol. The van der Waals surface area contributed by atoms with Crippen LogP contribution in [0.25, 0.3) is 11.1 Å². The maximum Gasteiger partial charge on any atom is 0.286 e. The molecular weight excluding hydrogens is 260 g/mol. The van der Waals surface area contributed by atoms with Gasteiger partial charge in [0.15, 0.2) is 12.4 Å². The van der Waals surface area contributed by atoms with Gasteiger partial charge in [-0.05, 0) is 25.0 Å². The highest BCUT2D eigenvalue weighted by Gasteiger charge is 2.12. The Hall–Kier alpha value is -2.16. The van der Waals surface area contributed by atoms with Crippen LogP contribution in [-0.4, -0.2) is 11.9 Å². The highest BCUT2D eigenvalue weighted by atomic mass is 16.2. The molecule has 0 saturated heterocycles. The molecule has 110 valence electrons. The van der Waals surface area contributed by atoms with Crippen LogP contribution < -0.4 is 9.88 Å². The van der Waals surface area contributed by atoms with E-state index in [1.54, 1.807) is 0 Å². The van der Waals surface area contributed by atoms with Crippen LogP contribution in [0.4, 0.5) is 0 Å². The zero-order valence-corrected chi connectivity index (χ0v) is 12.8. The quantitative estimate of drug-likeness (QED) is 0.812. The van der Waals surface area contributed by atoms with Gasteiger partial charge in [-0.3, -0.25) is 4.79 Å². The zero-order chi connectivity index (χ0) is 15.1. The molecule has 1 heterocycles. The summed E-state index contributed by atoms with van der Waals surface area (Å²) < 4.78 is 1.93. The lowest BCUT2D eigenvalue weighted by molar-refractivity contribution is -0.684. The van der Waals surface area contributed by atoms with E-state index in [1.807, 2.05) is 48.1 Å². The van der Waals surface area contributed by atoms with Crippen LogP contribution in [-0.2, 0) is 11.3 Å². The van der Waals surface area contributed by atoms with Crippen molar-refractivity contribution in [3.63, 3.8) is 0 Å². The number of hydrogen-bond donors (Lipinski definition) is 1. The molecule has 0 aliphatic carbocycles. The molecule has 1 aromatic heterocycles. The first-order valence-electron chi connectivity index (χ1n) is 7.53. The van der Waals surface area contributed by atoms with E-state index in [1.165, 1.54) is 0 Å². The number of hydrogen-bond acceptors (Lipinski definition) is 1. The van der Waals surface area contributed by atoms with Gasteiger partial charge in [0, 0.05) is 17.7 Å². The van der Waals surface area contributed by atoms with Crippen molar-refractivity contribution in [2.24, 2.45) is 0 Å². The first-order chi connectivity index (χ1) is 10.2. The van der Waals surface area contributed by atoms with Gasteiger partial charge in [-0.25, -0.2) is 0 Å². The van der Waals surface area contributed by atoms with Gasteiger partial charge >= 0.3 is 0 Å². The zero-order valence-electron chi connectivity index (χ0n) is 12.8. The second kappa shape index (κ2) is 7.58. The largest absolute Gasteiger partial charge is 0.348 e. The molecule has 0 unspecified atom stereocenters. The lowest BCUT2D eigenvalue weighted by Crippen LogP contribution is -2.45. The molecule has 0 bridgehead atoms. The summed E-state index contributed by atoms with van der Waals surface area (Å²) in [4.78, 5) is 12.0. The molecule has 0 saturated carbocycles. The number of pyridine rings is 1. The van der Waals surface area contributed by atoms with Crippen molar-refractivity contribution >= 4 is 5.91 Å². The molecule has 21 heavy (non-hydrogen) atoms. The Morgan fingerprint density at radius 2 is 1.86 bits per heavy atom. The van der Waals surface area contributed by atoms with Crippen molar-refractivity contribution in [1.29, 1.82) is 0 Å². The molecule has 2 rings (SSSR count). The van der Waals surface area contributed by atoms with Crippen molar-refractivity contribution in [1.82, 2.24) is 5.32 Å². The van der Waals surface area contributed by atoms with E-state index in [-0.39, 0.29) is 11.9 Å². The molecule has 3 nitrogen and oxygen atoms in total. The molecule has 3 heteroatoms. The van der Waals surface area contributed by atoms with Gasteiger partial charge in [-0.15, -0.1) is 0 Å². The summed E-state index contributed by atoms with van der Waals surface area (Å²) in [5, 5.41) is 3.03. The normalized spacial score (nSPS) is 11.9. The molecule has 1 atom stereocenters. The predicted octanol–water partition coefficient (Wildman–Crippen LogP) is 2.95. The van der Waals surface area contributed by atoms with Gasteiger partial charge in [0.1, 0.15) is 0 Å². The minimum absolute atomic E-state index is 0.0613. The summed E-state index contributed by atoms with van der Waals surface area (Å²) in [6.07, 6.45) is 6.04. The SMILES string of the molecule is CCC[C@H](C)NC(=O)C[n+]1cccc(-c2ccccc2)c1. The van der Waals surface area contributed by atoms with Gasteiger partial charge < -0.3 is 5.32 Å². The van der Waals surface area contributed by atoms with Gasteiger partial charge in [0.05, 0.1) is 0 Å². The summed E-state index contributed by atoms with van der Waals surface area (Å²) in [5.41, 5.74) is 2.28. The number of nitrogens with one attached hydrogen (secondary N) is 1. The van der Waals surface area contributed by atoms with Crippen LogP contribution in [0, 0.1) is 0 Å². The molecule has 0 fully saturated rings. The molecule has 0 aliphatic heterocycles. The second-order valence-corrected chi connectivity index (χ2v) is 5.39. The minimum Gasteiger partial charge on any atom is -0.348 e. The summed E-state index contributed by atoms with van der Waals surface area (Å²) in [7, 11) is 0. The van der Waals surface area contributed by atoms with E-state index < -0.39 is 0 Å². The Morgan fingerprint density at radius 3 is 2.57 bits per heavy atom. The topological polar surface area (TPSA) is 33.0 Å². The summed E-state index contributed by atoms with van der Waals surface area (Å²) in [6, 6.07) is 14.5. The molecular formula is C18H23N2O+. The third kappa shape index (κ3) is 4.71. The fraction of sp³-hybridized carbons (Fsp3) is 0.333. The van der Waals surface area contributed by atoms with Gasteiger partial charge in [-0.2, -0.15) is 4.57 Å². The summed E-state index contributed by atoms with van der Waals surface area (Å²) in [5.74, 6) is 0.0613. The van der Waals surface area contributed by atoms with Crippen LogP contribution >= 0.6 is 0 Å². The Morgan fingerprint density at radius 1 is 1.14 bits per heavy atom. The lowest BCUT2D eigenvalue weighted by Gasteiger charge is -2.11. The maximum atomic E-state index is 12.0. The van der Waals surface area contributed by atoms with Crippen LogP contribution in [0.3, 0.4) is 0 Å². The average molecular weight is 283 g/mol. The number of rotatable bonds is 6. The van der Waals surface area contributed by atoms with E-state index in [4.69, 9.17) is 0 Å². The standard InChI is InChI=1S/C18H22N2O/c1-3-8-15(2)19-18(21)14-20-12-7-11-17(13-20)16-9-5-4-6-10-16/h4-7,9-13,15H,3,8,14H2,1-2H3/p+1/t15-/m0/s1. The second-order valence-electron chi connectivity index (χ2n) is 5.39. The van der Waals surface area contributed by atoms with E-state index in [9.17, 15) is 4.79 Å². The monoisotopic (exact) mass is 283 g/mol. The number of aromatic nitrogens is 1. The maximum absolute atomic E-state index is 12.0. The molecule has 1 aromatic carbocycles. The van der Waals surface area contributed by atoms with E-state index in [0.717, 1.165) is 24.0 Å². The number of carbonyl (C=O) groups is 1. The summed E-state index contributed by atoms with van der Waals surface area (Å²) >= 11 is 0. The Kier molecular flexibility index (Phi) is 5.50. The molecule has 2 aromatic rings. The molecule has 0 spiro atoms. The van der Waals surface area contributed by atoms with Gasteiger partial charge in [-0.1, -0.05) is 43.7 Å².